The minimum absolute atomic E-state index is 0.163. The molecule has 2 nitrogen and oxygen atoms in total. The first-order valence-electron chi connectivity index (χ1n) is 8.32. The molecular weight excluding hydrogens is 264 g/mol. The molecule has 0 radical (unpaired) electrons. The molecule has 0 saturated heterocycles. The Morgan fingerprint density at radius 2 is 2.05 bits per heavy atom. The van der Waals surface area contributed by atoms with Crippen molar-refractivity contribution in [2.75, 3.05) is 6.54 Å². The number of nitrogens with zero attached hydrogens (tertiary/aromatic N) is 1. The Balaban J connectivity index is 2.13. The maximum atomic E-state index is 4.95. The Hall–Kier alpha value is -0.410. The Morgan fingerprint density at radius 1 is 1.35 bits per heavy atom. The van der Waals surface area contributed by atoms with Crippen LogP contribution >= 0.6 is 11.3 Å². The largest absolute Gasteiger partial charge is 0.306 e. The molecule has 20 heavy (non-hydrogen) atoms. The molecule has 1 aliphatic rings. The highest BCUT2D eigenvalue weighted by molar-refractivity contribution is 7.09. The van der Waals surface area contributed by atoms with Gasteiger partial charge in [0.15, 0.2) is 0 Å². The van der Waals surface area contributed by atoms with Gasteiger partial charge < -0.3 is 5.32 Å². The standard InChI is InChI=1S/C17H30N2S/c1-5-7-14-8-10-17(11-9-14,18-6-2)16-19-15(12-20-16)13(3)4/h12-14,18H,5-11H2,1-4H3. The van der Waals surface area contributed by atoms with Crippen LogP contribution in [0.2, 0.25) is 0 Å². The molecule has 0 atom stereocenters. The molecular formula is C17H30N2S. The molecule has 0 bridgehead atoms. The van der Waals surface area contributed by atoms with Gasteiger partial charge in [0.2, 0.25) is 0 Å². The molecule has 0 unspecified atom stereocenters. The third kappa shape index (κ3) is 3.43. The van der Waals surface area contributed by atoms with Gasteiger partial charge in [0, 0.05) is 5.38 Å². The lowest BCUT2D eigenvalue weighted by atomic mass is 9.75. The monoisotopic (exact) mass is 294 g/mol. The molecule has 0 spiro atoms. The van der Waals surface area contributed by atoms with Crippen LogP contribution in [-0.2, 0) is 5.54 Å². The van der Waals surface area contributed by atoms with Crippen molar-refractivity contribution in [1.29, 1.82) is 0 Å². The quantitative estimate of drug-likeness (QED) is 0.793. The Labute approximate surface area is 128 Å². The summed E-state index contributed by atoms with van der Waals surface area (Å²) in [5.74, 6) is 1.48. The van der Waals surface area contributed by atoms with Crippen LogP contribution in [0.4, 0.5) is 0 Å². The van der Waals surface area contributed by atoms with E-state index in [-0.39, 0.29) is 5.54 Å². The van der Waals surface area contributed by atoms with E-state index in [0.717, 1.165) is 12.5 Å². The summed E-state index contributed by atoms with van der Waals surface area (Å²) in [6.45, 7) is 10.0. The third-order valence-corrected chi connectivity index (χ3v) is 5.76. The minimum atomic E-state index is 0.163. The van der Waals surface area contributed by atoms with Crippen molar-refractivity contribution in [1.82, 2.24) is 10.3 Å². The third-order valence-electron chi connectivity index (χ3n) is 4.69. The first kappa shape index (κ1) is 16.0. The van der Waals surface area contributed by atoms with Crippen LogP contribution in [0.1, 0.15) is 82.8 Å². The Kier molecular flexibility index (Phi) is 5.62. The predicted octanol–water partition coefficient (Wildman–Crippen LogP) is 5.06. The van der Waals surface area contributed by atoms with E-state index >= 15 is 0 Å². The van der Waals surface area contributed by atoms with Gasteiger partial charge in [0.1, 0.15) is 5.01 Å². The van der Waals surface area contributed by atoms with Gasteiger partial charge in [0.05, 0.1) is 11.2 Å². The van der Waals surface area contributed by atoms with E-state index in [1.54, 1.807) is 0 Å². The van der Waals surface area contributed by atoms with Gasteiger partial charge in [-0.05, 0) is 44.1 Å². The highest BCUT2D eigenvalue weighted by atomic mass is 32.1. The molecule has 114 valence electrons. The molecule has 0 aliphatic heterocycles. The second kappa shape index (κ2) is 7.04. The molecule has 1 fully saturated rings. The first-order chi connectivity index (χ1) is 9.61. The number of thiazole rings is 1. The number of aromatic nitrogens is 1. The zero-order valence-electron chi connectivity index (χ0n) is 13.5. The fourth-order valence-electron chi connectivity index (χ4n) is 3.44. The second-order valence-electron chi connectivity index (χ2n) is 6.58. The topological polar surface area (TPSA) is 24.9 Å². The first-order valence-corrected chi connectivity index (χ1v) is 9.20. The molecule has 3 heteroatoms. The van der Waals surface area contributed by atoms with Crippen LogP contribution in [0.5, 0.6) is 0 Å². The van der Waals surface area contributed by atoms with E-state index in [0.29, 0.717) is 5.92 Å². The summed E-state index contributed by atoms with van der Waals surface area (Å²) in [4.78, 5) is 4.95. The highest BCUT2D eigenvalue weighted by Gasteiger charge is 2.38. The van der Waals surface area contributed by atoms with Crippen molar-refractivity contribution >= 4 is 11.3 Å². The van der Waals surface area contributed by atoms with Crippen molar-refractivity contribution in [3.63, 3.8) is 0 Å². The van der Waals surface area contributed by atoms with Crippen LogP contribution in [0.3, 0.4) is 0 Å². The fourth-order valence-corrected chi connectivity index (χ4v) is 4.66. The van der Waals surface area contributed by atoms with Crippen molar-refractivity contribution in [3.05, 3.63) is 16.1 Å². The molecule has 0 amide bonds. The Bertz CT molecular complexity index is 403. The number of hydrogen-bond donors (Lipinski definition) is 1. The average Bonchev–Trinajstić information content (AvgIpc) is 2.92. The van der Waals surface area contributed by atoms with E-state index in [1.165, 1.54) is 49.2 Å². The van der Waals surface area contributed by atoms with Gasteiger partial charge in [-0.3, -0.25) is 0 Å². The van der Waals surface area contributed by atoms with Gasteiger partial charge >= 0.3 is 0 Å². The lowest BCUT2D eigenvalue weighted by molar-refractivity contribution is 0.184. The van der Waals surface area contributed by atoms with Crippen molar-refractivity contribution in [2.45, 2.75) is 77.7 Å². The molecule has 1 N–H and O–H groups in total. The van der Waals surface area contributed by atoms with E-state index in [4.69, 9.17) is 4.98 Å². The summed E-state index contributed by atoms with van der Waals surface area (Å²) in [6, 6.07) is 0. The van der Waals surface area contributed by atoms with Crippen LogP contribution in [0, 0.1) is 5.92 Å². The lowest BCUT2D eigenvalue weighted by Crippen LogP contribution is -2.45. The zero-order chi connectivity index (χ0) is 14.6. The van der Waals surface area contributed by atoms with Crippen LogP contribution < -0.4 is 5.32 Å². The summed E-state index contributed by atoms with van der Waals surface area (Å²) in [6.07, 6.45) is 7.97. The van der Waals surface area contributed by atoms with E-state index in [9.17, 15) is 0 Å². The molecule has 1 aromatic heterocycles. The fraction of sp³-hybridized carbons (Fsp3) is 0.824. The predicted molar refractivity (Wildman–Crippen MR) is 88.4 cm³/mol. The summed E-state index contributed by atoms with van der Waals surface area (Å²) in [5, 5.41) is 7.37. The SMILES string of the molecule is CCCC1CCC(NCC)(c2nc(C(C)C)cs2)CC1. The van der Waals surface area contributed by atoms with Crippen molar-refractivity contribution in [3.8, 4) is 0 Å². The summed E-state index contributed by atoms with van der Waals surface area (Å²) < 4.78 is 0. The van der Waals surface area contributed by atoms with Gasteiger partial charge in [-0.1, -0.05) is 40.5 Å². The molecule has 0 aromatic carbocycles. The molecule has 1 aromatic rings. The minimum Gasteiger partial charge on any atom is -0.306 e. The van der Waals surface area contributed by atoms with Crippen LogP contribution in [0.15, 0.2) is 5.38 Å². The van der Waals surface area contributed by atoms with E-state index in [1.807, 2.05) is 11.3 Å². The van der Waals surface area contributed by atoms with Crippen LogP contribution in [0.25, 0.3) is 0 Å². The smallest absolute Gasteiger partial charge is 0.113 e. The maximum absolute atomic E-state index is 4.95. The highest BCUT2D eigenvalue weighted by Crippen LogP contribution is 2.42. The normalized spacial score (nSPS) is 27.1. The van der Waals surface area contributed by atoms with Gasteiger partial charge in [-0.15, -0.1) is 11.3 Å². The van der Waals surface area contributed by atoms with Gasteiger partial charge in [-0.25, -0.2) is 4.98 Å². The molecule has 1 saturated carbocycles. The van der Waals surface area contributed by atoms with Crippen molar-refractivity contribution in [2.24, 2.45) is 5.92 Å². The van der Waals surface area contributed by atoms with Crippen LogP contribution in [-0.4, -0.2) is 11.5 Å². The lowest BCUT2D eigenvalue weighted by Gasteiger charge is -2.39. The number of hydrogen-bond acceptors (Lipinski definition) is 3. The molecule has 1 aliphatic carbocycles. The average molecular weight is 295 g/mol. The molecule has 2 rings (SSSR count). The molecule has 1 heterocycles. The van der Waals surface area contributed by atoms with Crippen molar-refractivity contribution < 1.29 is 0 Å². The Morgan fingerprint density at radius 3 is 2.55 bits per heavy atom. The van der Waals surface area contributed by atoms with E-state index in [2.05, 4.69) is 38.4 Å². The number of nitrogens with one attached hydrogen (secondary N) is 1. The zero-order valence-corrected chi connectivity index (χ0v) is 14.4. The summed E-state index contributed by atoms with van der Waals surface area (Å²) in [5.41, 5.74) is 1.43. The van der Waals surface area contributed by atoms with Gasteiger partial charge in [0.25, 0.3) is 0 Å². The second-order valence-corrected chi connectivity index (χ2v) is 7.43. The summed E-state index contributed by atoms with van der Waals surface area (Å²) >= 11 is 1.86. The van der Waals surface area contributed by atoms with E-state index < -0.39 is 0 Å². The number of rotatable bonds is 6. The van der Waals surface area contributed by atoms with Gasteiger partial charge in [-0.2, -0.15) is 0 Å². The maximum Gasteiger partial charge on any atom is 0.113 e. The summed E-state index contributed by atoms with van der Waals surface area (Å²) in [7, 11) is 0.